The number of nitrogens with one attached hydrogen (secondary N) is 2. The molecule has 0 aliphatic carbocycles. The third-order valence-corrected chi connectivity index (χ3v) is 12.1. The Bertz CT molecular complexity index is 2330. The molecule has 0 spiro atoms. The Hall–Kier alpha value is -6.40. The van der Waals surface area contributed by atoms with Gasteiger partial charge in [-0.3, -0.25) is 23.6 Å². The van der Waals surface area contributed by atoms with Crippen molar-refractivity contribution in [1.29, 1.82) is 5.26 Å². The van der Waals surface area contributed by atoms with Crippen LogP contribution in [0.3, 0.4) is 0 Å². The summed E-state index contributed by atoms with van der Waals surface area (Å²) in [6.45, 7) is 2.41. The van der Waals surface area contributed by atoms with Crippen LogP contribution in [0.2, 0.25) is 0 Å². The predicted octanol–water partition coefficient (Wildman–Crippen LogP) is 1.41. The minimum Gasteiger partial charge on any atom is -0.445 e. The molecule has 0 radical (unpaired) electrons. The maximum absolute atomic E-state index is 13.5. The summed E-state index contributed by atoms with van der Waals surface area (Å²) in [7, 11) is -0.259. The smallest absolute Gasteiger partial charge is 0.409 e. The lowest BCUT2D eigenvalue weighted by Crippen LogP contribution is -2.64. The summed E-state index contributed by atoms with van der Waals surface area (Å²) in [6.07, 6.45) is 7.61. The number of nitriles is 1. The highest BCUT2D eigenvalue weighted by molar-refractivity contribution is 7.89. The van der Waals surface area contributed by atoms with Crippen LogP contribution < -0.4 is 10.6 Å². The number of rotatable bonds is 15. The lowest BCUT2D eigenvalue weighted by Gasteiger charge is -2.47. The van der Waals surface area contributed by atoms with Crippen molar-refractivity contribution in [3.8, 4) is 17.3 Å². The Morgan fingerprint density at radius 1 is 1.09 bits per heavy atom. The summed E-state index contributed by atoms with van der Waals surface area (Å²) in [5, 5.41) is 19.8. The number of amides is 5. The van der Waals surface area contributed by atoms with E-state index in [1.165, 1.54) is 29.9 Å². The van der Waals surface area contributed by atoms with Crippen LogP contribution in [0.15, 0.2) is 55.2 Å². The lowest BCUT2D eigenvalue weighted by molar-refractivity contribution is -0.131. The molecule has 2 aliphatic rings. The highest BCUT2D eigenvalue weighted by Crippen LogP contribution is 2.36. The molecule has 4 aromatic rings. The number of hydrogen-bond donors (Lipinski definition) is 2. The SMILES string of the molecule is CCS(=O)(=O)N1CC(CC#N)(n2cc(-c3ncnc4c3ccn4C(=O)N(C)CCN(C)C(=O)OCc3ccc(NC(=O)CNC(=O)C4CCCN4C=O)cc3)cn2)C1. The molecule has 6 rings (SSSR count). The Morgan fingerprint density at radius 3 is 2.53 bits per heavy atom. The highest BCUT2D eigenvalue weighted by Gasteiger charge is 2.49. The molecule has 21 heteroatoms. The van der Waals surface area contributed by atoms with Crippen LogP contribution in [0.1, 0.15) is 31.7 Å². The first kappa shape index (κ1) is 41.2. The van der Waals surface area contributed by atoms with Gasteiger partial charge in [0, 0.05) is 75.8 Å². The Morgan fingerprint density at radius 2 is 1.83 bits per heavy atom. The molecule has 1 unspecified atom stereocenters. The number of nitrogens with zero attached hydrogens (tertiary/aromatic N) is 10. The summed E-state index contributed by atoms with van der Waals surface area (Å²) in [4.78, 5) is 75.1. The van der Waals surface area contributed by atoms with Gasteiger partial charge in [0.1, 0.15) is 24.5 Å². The van der Waals surface area contributed by atoms with E-state index >= 15 is 0 Å². The largest absolute Gasteiger partial charge is 0.445 e. The predicted molar refractivity (Wildman–Crippen MR) is 208 cm³/mol. The lowest BCUT2D eigenvalue weighted by atomic mass is 9.89. The molecule has 306 valence electrons. The van der Waals surface area contributed by atoms with E-state index in [1.807, 2.05) is 0 Å². The number of ether oxygens (including phenoxy) is 1. The zero-order valence-electron chi connectivity index (χ0n) is 32.3. The van der Waals surface area contributed by atoms with E-state index in [2.05, 4.69) is 31.8 Å². The van der Waals surface area contributed by atoms with Crippen LogP contribution in [0.5, 0.6) is 0 Å². The number of likely N-dealkylation sites (tertiary alicyclic amines) is 1. The normalized spacial score (nSPS) is 16.2. The van der Waals surface area contributed by atoms with Gasteiger partial charge in [-0.2, -0.15) is 14.7 Å². The second-order valence-electron chi connectivity index (χ2n) is 14.2. The Labute approximate surface area is 334 Å². The number of fused-ring (bicyclic) bond motifs is 1. The van der Waals surface area contributed by atoms with Gasteiger partial charge in [-0.05, 0) is 43.5 Å². The second kappa shape index (κ2) is 17.4. The summed E-state index contributed by atoms with van der Waals surface area (Å²) in [6, 6.07) is 9.56. The third kappa shape index (κ3) is 8.77. The molecule has 2 aliphatic heterocycles. The number of benzene rings is 1. The van der Waals surface area contributed by atoms with E-state index in [0.717, 1.165) is 6.42 Å². The van der Waals surface area contributed by atoms with Crippen molar-refractivity contribution < 1.29 is 37.1 Å². The van der Waals surface area contributed by atoms with Crippen molar-refractivity contribution in [2.24, 2.45) is 0 Å². The van der Waals surface area contributed by atoms with Crippen molar-refractivity contribution >= 4 is 57.1 Å². The summed E-state index contributed by atoms with van der Waals surface area (Å²) >= 11 is 0. The molecule has 2 N–H and O–H groups in total. The number of aromatic nitrogens is 5. The van der Waals surface area contributed by atoms with E-state index in [1.54, 1.807) is 74.6 Å². The van der Waals surface area contributed by atoms with E-state index in [0.29, 0.717) is 52.9 Å². The standard InChI is InChI=1S/C37H44N12O8S/c1-4-58(55,56)47-22-37(23-47,12-13-38)49-20-27(18-42-49)32-29-11-15-48(33(29)41-24-40-32)35(53)44(2)16-17-45(3)36(54)57-21-26-7-9-28(10-8-26)43-31(51)19-39-34(52)30-6-5-14-46(30)25-50/h7-11,15,18,20,24-25,30H,4-6,12,14,16-17,19,21-23H2,1-3H3,(H,39,52)(H,43,51). The van der Waals surface area contributed by atoms with E-state index < -0.39 is 39.6 Å². The van der Waals surface area contributed by atoms with Crippen molar-refractivity contribution in [1.82, 2.24) is 48.6 Å². The quantitative estimate of drug-likeness (QED) is 0.162. The maximum atomic E-state index is 13.5. The molecule has 20 nitrogen and oxygen atoms in total. The number of likely N-dealkylation sites (N-methyl/N-ethyl adjacent to an activating group) is 2. The Kier molecular flexibility index (Phi) is 12.4. The average molecular weight is 817 g/mol. The van der Waals surface area contributed by atoms with Crippen LogP contribution in [0, 0.1) is 11.3 Å². The zero-order chi connectivity index (χ0) is 41.6. The number of carbonyl (C=O) groups is 5. The molecular formula is C37H44N12O8S. The summed E-state index contributed by atoms with van der Waals surface area (Å²) < 4.78 is 34.5. The number of sulfonamides is 1. The molecule has 1 atom stereocenters. The maximum Gasteiger partial charge on any atom is 0.409 e. The van der Waals surface area contributed by atoms with Crippen LogP contribution in [-0.4, -0.2) is 147 Å². The molecular weight excluding hydrogens is 773 g/mol. The minimum absolute atomic E-state index is 0.0344. The van der Waals surface area contributed by atoms with Crippen LogP contribution in [0.25, 0.3) is 22.3 Å². The fourth-order valence-corrected chi connectivity index (χ4v) is 8.05. The van der Waals surface area contributed by atoms with Gasteiger partial charge in [0.05, 0.1) is 36.7 Å². The fourth-order valence-electron chi connectivity index (χ4n) is 6.81. The van der Waals surface area contributed by atoms with Crippen LogP contribution >= 0.6 is 0 Å². The van der Waals surface area contributed by atoms with Gasteiger partial charge < -0.3 is 30.1 Å². The van der Waals surface area contributed by atoms with E-state index in [4.69, 9.17) is 4.74 Å². The van der Waals surface area contributed by atoms with Crippen molar-refractivity contribution in [3.05, 3.63) is 60.8 Å². The number of carbonyl (C=O) groups excluding carboxylic acids is 5. The molecule has 5 amide bonds. The Balaban J connectivity index is 0.977. The second-order valence-corrected chi connectivity index (χ2v) is 16.4. The van der Waals surface area contributed by atoms with Gasteiger partial charge >= 0.3 is 12.1 Å². The van der Waals surface area contributed by atoms with Gasteiger partial charge in [-0.15, -0.1) is 0 Å². The van der Waals surface area contributed by atoms with Gasteiger partial charge in [0.25, 0.3) is 0 Å². The molecule has 2 fully saturated rings. The summed E-state index contributed by atoms with van der Waals surface area (Å²) in [5.41, 5.74) is 1.81. The molecule has 2 saturated heterocycles. The average Bonchev–Trinajstić information content (AvgIpc) is 4.00. The molecule has 3 aromatic heterocycles. The fraction of sp³-hybridized carbons (Fsp3) is 0.432. The number of anilines is 1. The molecule has 58 heavy (non-hydrogen) atoms. The summed E-state index contributed by atoms with van der Waals surface area (Å²) in [5.74, 6) is -0.840. The first-order valence-corrected chi connectivity index (χ1v) is 20.1. The van der Waals surface area contributed by atoms with Crippen molar-refractivity contribution in [2.45, 2.75) is 44.4 Å². The molecule has 0 saturated carbocycles. The van der Waals surface area contributed by atoms with Gasteiger partial charge in [-0.25, -0.2) is 28.0 Å². The van der Waals surface area contributed by atoms with Gasteiger partial charge in [-0.1, -0.05) is 12.1 Å². The van der Waals surface area contributed by atoms with Gasteiger partial charge in [0.2, 0.25) is 28.2 Å². The topological polar surface area (TPSA) is 238 Å². The van der Waals surface area contributed by atoms with Crippen LogP contribution in [-0.2, 0) is 41.3 Å². The number of hydrogen-bond acceptors (Lipinski definition) is 12. The molecule has 0 bridgehead atoms. The third-order valence-electron chi connectivity index (χ3n) is 10.3. The monoisotopic (exact) mass is 816 g/mol. The minimum atomic E-state index is -3.41. The zero-order valence-corrected chi connectivity index (χ0v) is 33.1. The van der Waals surface area contributed by atoms with Crippen molar-refractivity contribution in [2.75, 3.05) is 64.4 Å². The van der Waals surface area contributed by atoms with Crippen LogP contribution in [0.4, 0.5) is 15.3 Å². The molecule has 1 aromatic carbocycles. The van der Waals surface area contributed by atoms with E-state index in [-0.39, 0.29) is 57.4 Å². The first-order valence-electron chi connectivity index (χ1n) is 18.5. The van der Waals surface area contributed by atoms with Gasteiger partial charge in [0.15, 0.2) is 5.65 Å². The first-order chi connectivity index (χ1) is 27.8. The van der Waals surface area contributed by atoms with E-state index in [9.17, 15) is 37.7 Å². The highest BCUT2D eigenvalue weighted by atomic mass is 32.2. The molecule has 5 heterocycles. The van der Waals surface area contributed by atoms with Crippen molar-refractivity contribution in [3.63, 3.8) is 0 Å².